The van der Waals surface area contributed by atoms with Gasteiger partial charge >= 0.3 is 5.97 Å². The summed E-state index contributed by atoms with van der Waals surface area (Å²) in [6.45, 7) is 0. The Kier molecular flexibility index (Phi) is 5.19. The van der Waals surface area contributed by atoms with Crippen LogP contribution in [0.5, 0.6) is 0 Å². The highest BCUT2D eigenvalue weighted by Crippen LogP contribution is 2.28. The van der Waals surface area contributed by atoms with Gasteiger partial charge in [0, 0.05) is 12.1 Å². The van der Waals surface area contributed by atoms with Gasteiger partial charge in [0.2, 0.25) is 0 Å². The molecule has 0 aliphatic heterocycles. The van der Waals surface area contributed by atoms with Crippen LogP contribution in [-0.2, 0) is 4.74 Å². The van der Waals surface area contributed by atoms with E-state index in [1.165, 1.54) is 37.4 Å². The number of nitro groups is 1. The van der Waals surface area contributed by atoms with Crippen molar-refractivity contribution >= 4 is 34.6 Å². The molecule has 9 heteroatoms. The molecule has 0 heterocycles. The summed E-state index contributed by atoms with van der Waals surface area (Å²) >= 11 is 5.90. The van der Waals surface area contributed by atoms with Gasteiger partial charge in [-0.25, -0.2) is 4.79 Å². The zero-order chi connectivity index (χ0) is 17.7. The Bertz CT molecular complexity index is 890. The lowest BCUT2D eigenvalue weighted by molar-refractivity contribution is -0.384. The third-order valence-electron chi connectivity index (χ3n) is 2.94. The van der Waals surface area contributed by atoms with Gasteiger partial charge < -0.3 is 4.74 Å². The number of nitro benzene ring substituents is 1. The number of nitrogens with zero attached hydrogens (tertiary/aromatic N) is 4. The summed E-state index contributed by atoms with van der Waals surface area (Å²) in [5, 5.41) is 27.8. The van der Waals surface area contributed by atoms with Crippen LogP contribution in [0.3, 0.4) is 0 Å². The fourth-order valence-electron chi connectivity index (χ4n) is 1.77. The minimum atomic E-state index is -0.620. The largest absolute Gasteiger partial charge is 0.465 e. The molecule has 0 amide bonds. The first kappa shape index (κ1) is 17.1. The number of carbonyl (C=O) groups excluding carboxylic acids is 1. The Balaban J connectivity index is 2.37. The Morgan fingerprint density at radius 3 is 2.67 bits per heavy atom. The van der Waals surface area contributed by atoms with E-state index < -0.39 is 10.9 Å². The van der Waals surface area contributed by atoms with E-state index >= 15 is 0 Å². The summed E-state index contributed by atoms with van der Waals surface area (Å²) < 4.78 is 4.60. The minimum Gasteiger partial charge on any atom is -0.465 e. The molecule has 2 aromatic carbocycles. The quantitative estimate of drug-likeness (QED) is 0.354. The SMILES string of the molecule is COC(=O)c1cc(N=Nc2ccc([N+](=O)[O-])cc2C#N)ccc1Cl. The van der Waals surface area contributed by atoms with E-state index in [9.17, 15) is 14.9 Å². The number of hydrogen-bond donors (Lipinski definition) is 0. The van der Waals surface area contributed by atoms with Crippen LogP contribution in [0.1, 0.15) is 15.9 Å². The maximum Gasteiger partial charge on any atom is 0.339 e. The zero-order valence-electron chi connectivity index (χ0n) is 12.3. The average Bonchev–Trinajstić information content (AvgIpc) is 2.60. The van der Waals surface area contributed by atoms with E-state index in [0.717, 1.165) is 6.07 Å². The Hall–Kier alpha value is -3.31. The Morgan fingerprint density at radius 2 is 2.04 bits per heavy atom. The number of non-ortho nitro benzene ring substituents is 1. The number of azo groups is 1. The van der Waals surface area contributed by atoms with Crippen molar-refractivity contribution in [3.8, 4) is 6.07 Å². The molecule has 0 saturated heterocycles. The van der Waals surface area contributed by atoms with Crippen LogP contribution in [0.4, 0.5) is 17.1 Å². The van der Waals surface area contributed by atoms with Gasteiger partial charge in [0.05, 0.1) is 33.9 Å². The van der Waals surface area contributed by atoms with E-state index in [0.29, 0.717) is 5.69 Å². The topological polar surface area (TPSA) is 118 Å². The number of benzene rings is 2. The summed E-state index contributed by atoms with van der Waals surface area (Å²) in [5.74, 6) is -0.620. The van der Waals surface area contributed by atoms with Crippen molar-refractivity contribution in [1.82, 2.24) is 0 Å². The lowest BCUT2D eigenvalue weighted by Gasteiger charge is -2.02. The highest BCUT2D eigenvalue weighted by atomic mass is 35.5. The molecule has 0 atom stereocenters. The molecule has 120 valence electrons. The molecule has 2 rings (SSSR count). The van der Waals surface area contributed by atoms with Gasteiger partial charge in [-0.2, -0.15) is 10.4 Å². The molecule has 0 radical (unpaired) electrons. The van der Waals surface area contributed by atoms with Gasteiger partial charge in [-0.1, -0.05) is 11.6 Å². The number of hydrogen-bond acceptors (Lipinski definition) is 7. The average molecular weight is 345 g/mol. The maximum absolute atomic E-state index is 11.6. The van der Waals surface area contributed by atoms with Crippen molar-refractivity contribution in [2.24, 2.45) is 10.2 Å². The predicted molar refractivity (Wildman–Crippen MR) is 84.8 cm³/mol. The van der Waals surface area contributed by atoms with Crippen LogP contribution in [0, 0.1) is 21.4 Å². The molecule has 0 aliphatic carbocycles. The van der Waals surface area contributed by atoms with E-state index in [1.54, 1.807) is 0 Å². The molecular formula is C15H9ClN4O4. The number of esters is 1. The van der Waals surface area contributed by atoms with Gasteiger partial charge in [0.25, 0.3) is 5.69 Å². The minimum absolute atomic E-state index is 0.00936. The summed E-state index contributed by atoms with van der Waals surface area (Å²) in [7, 11) is 1.23. The lowest BCUT2D eigenvalue weighted by Crippen LogP contribution is -2.01. The molecule has 0 bridgehead atoms. The van der Waals surface area contributed by atoms with E-state index in [1.807, 2.05) is 6.07 Å². The Labute approximate surface area is 141 Å². The number of methoxy groups -OCH3 is 1. The van der Waals surface area contributed by atoms with Crippen LogP contribution < -0.4 is 0 Å². The summed E-state index contributed by atoms with van der Waals surface area (Å²) in [5.41, 5.74) is 0.389. The van der Waals surface area contributed by atoms with Gasteiger partial charge in [-0.05, 0) is 24.3 Å². The standard InChI is InChI=1S/C15H9ClN4O4/c1-24-15(21)12-7-10(2-4-13(12)16)18-19-14-5-3-11(20(22)23)6-9(14)8-17/h2-7H,1H3. The van der Waals surface area contributed by atoms with Crippen molar-refractivity contribution in [2.75, 3.05) is 7.11 Å². The number of ether oxygens (including phenoxy) is 1. The Morgan fingerprint density at radius 1 is 1.29 bits per heavy atom. The fourth-order valence-corrected chi connectivity index (χ4v) is 1.96. The van der Waals surface area contributed by atoms with Crippen molar-refractivity contribution in [2.45, 2.75) is 0 Å². The van der Waals surface area contributed by atoms with Crippen LogP contribution >= 0.6 is 11.6 Å². The molecule has 0 aromatic heterocycles. The van der Waals surface area contributed by atoms with Crippen LogP contribution in [-0.4, -0.2) is 18.0 Å². The van der Waals surface area contributed by atoms with E-state index in [-0.39, 0.29) is 27.5 Å². The number of rotatable bonds is 4. The highest BCUT2D eigenvalue weighted by Gasteiger charge is 2.12. The first-order valence-electron chi connectivity index (χ1n) is 6.44. The second-order valence-electron chi connectivity index (χ2n) is 4.43. The monoisotopic (exact) mass is 344 g/mol. The molecule has 8 nitrogen and oxygen atoms in total. The fraction of sp³-hybridized carbons (Fsp3) is 0.0667. The van der Waals surface area contributed by atoms with Gasteiger partial charge in [0.15, 0.2) is 0 Å². The molecule has 0 N–H and O–H groups in total. The van der Waals surface area contributed by atoms with Crippen LogP contribution in [0.15, 0.2) is 46.6 Å². The van der Waals surface area contributed by atoms with Crippen molar-refractivity contribution in [1.29, 1.82) is 5.26 Å². The first-order valence-corrected chi connectivity index (χ1v) is 6.82. The summed E-state index contributed by atoms with van der Waals surface area (Å²) in [6.07, 6.45) is 0. The molecule has 0 aliphatic rings. The van der Waals surface area contributed by atoms with Crippen molar-refractivity contribution < 1.29 is 14.5 Å². The second-order valence-corrected chi connectivity index (χ2v) is 4.83. The van der Waals surface area contributed by atoms with Gasteiger partial charge in [-0.15, -0.1) is 5.11 Å². The molecule has 2 aromatic rings. The van der Waals surface area contributed by atoms with Crippen LogP contribution in [0.25, 0.3) is 0 Å². The van der Waals surface area contributed by atoms with Gasteiger partial charge in [-0.3, -0.25) is 10.1 Å². The summed E-state index contributed by atoms with van der Waals surface area (Å²) in [6, 6.07) is 9.83. The number of carbonyl (C=O) groups is 1. The van der Waals surface area contributed by atoms with Crippen molar-refractivity contribution in [3.05, 3.63) is 62.7 Å². The third-order valence-corrected chi connectivity index (χ3v) is 3.27. The molecule has 0 spiro atoms. The summed E-state index contributed by atoms with van der Waals surface area (Å²) in [4.78, 5) is 21.7. The molecule has 0 unspecified atom stereocenters. The van der Waals surface area contributed by atoms with E-state index in [2.05, 4.69) is 15.0 Å². The van der Waals surface area contributed by atoms with Crippen molar-refractivity contribution in [3.63, 3.8) is 0 Å². The lowest BCUT2D eigenvalue weighted by atomic mass is 10.2. The van der Waals surface area contributed by atoms with Gasteiger partial charge in [0.1, 0.15) is 11.8 Å². The number of halogens is 1. The van der Waals surface area contributed by atoms with E-state index in [4.69, 9.17) is 16.9 Å². The third kappa shape index (κ3) is 3.71. The molecule has 0 fully saturated rings. The highest BCUT2D eigenvalue weighted by molar-refractivity contribution is 6.33. The predicted octanol–water partition coefficient (Wildman–Crippen LogP) is 4.32. The second kappa shape index (κ2) is 7.30. The smallest absolute Gasteiger partial charge is 0.339 e. The normalized spacial score (nSPS) is 10.4. The molecule has 0 saturated carbocycles. The van der Waals surface area contributed by atoms with Crippen LogP contribution in [0.2, 0.25) is 5.02 Å². The maximum atomic E-state index is 11.6. The molecule has 24 heavy (non-hydrogen) atoms. The zero-order valence-corrected chi connectivity index (χ0v) is 13.0. The first-order chi connectivity index (χ1) is 11.5. The number of nitriles is 1. The molecular weight excluding hydrogens is 336 g/mol.